The predicted molar refractivity (Wildman–Crippen MR) is 80.8 cm³/mol. The van der Waals surface area contributed by atoms with Crippen LogP contribution in [0.15, 0.2) is 44.6 Å². The van der Waals surface area contributed by atoms with Crippen LogP contribution >= 0.6 is 27.3 Å². The number of hydrogen-bond acceptors (Lipinski definition) is 4. The first-order valence-electron chi connectivity index (χ1n) is 5.74. The zero-order valence-corrected chi connectivity index (χ0v) is 12.6. The fourth-order valence-electron chi connectivity index (χ4n) is 1.94. The van der Waals surface area contributed by atoms with Crippen LogP contribution in [-0.2, 0) is 0 Å². The molecule has 3 nitrogen and oxygen atoms in total. The van der Waals surface area contributed by atoms with E-state index < -0.39 is 0 Å². The summed E-state index contributed by atoms with van der Waals surface area (Å²) in [4.78, 5) is 1.07. The van der Waals surface area contributed by atoms with E-state index >= 15 is 0 Å². The van der Waals surface area contributed by atoms with E-state index in [-0.39, 0.29) is 6.04 Å². The summed E-state index contributed by atoms with van der Waals surface area (Å²) in [6, 6.07) is 9.51. The minimum absolute atomic E-state index is 0.241. The van der Waals surface area contributed by atoms with Crippen molar-refractivity contribution in [2.24, 2.45) is 5.73 Å². The fraction of sp³-hybridized carbons (Fsp3) is 0.143. The molecule has 2 N–H and O–H groups in total. The molecular formula is C14H12BrNO2S. The average molecular weight is 338 g/mol. The monoisotopic (exact) mass is 337 g/mol. The Balaban J connectivity index is 2.00. The number of ether oxygens (including phenoxy) is 1. The normalized spacial score (nSPS) is 12.8. The molecule has 3 aromatic rings. The minimum atomic E-state index is -0.241. The van der Waals surface area contributed by atoms with Gasteiger partial charge >= 0.3 is 0 Å². The van der Waals surface area contributed by atoms with Crippen LogP contribution < -0.4 is 10.5 Å². The van der Waals surface area contributed by atoms with Gasteiger partial charge in [-0.1, -0.05) is 0 Å². The molecular weight excluding hydrogens is 326 g/mol. The smallest absolute Gasteiger partial charge is 0.138 e. The van der Waals surface area contributed by atoms with Crippen molar-refractivity contribution >= 4 is 38.2 Å². The van der Waals surface area contributed by atoms with Gasteiger partial charge in [0.25, 0.3) is 0 Å². The molecule has 98 valence electrons. The average Bonchev–Trinajstić information content (AvgIpc) is 3.02. The van der Waals surface area contributed by atoms with Gasteiger partial charge in [0.05, 0.1) is 13.2 Å². The summed E-state index contributed by atoms with van der Waals surface area (Å²) in [5.74, 6) is 1.54. The summed E-state index contributed by atoms with van der Waals surface area (Å²) >= 11 is 5.05. The molecule has 1 aromatic carbocycles. The zero-order chi connectivity index (χ0) is 13.4. The van der Waals surface area contributed by atoms with Gasteiger partial charge in [-0.15, -0.1) is 11.3 Å². The van der Waals surface area contributed by atoms with Crippen molar-refractivity contribution < 1.29 is 9.15 Å². The summed E-state index contributed by atoms with van der Waals surface area (Å²) in [6.45, 7) is 0. The van der Waals surface area contributed by atoms with Crippen LogP contribution in [0.5, 0.6) is 5.75 Å². The Morgan fingerprint density at radius 2 is 2.16 bits per heavy atom. The van der Waals surface area contributed by atoms with E-state index in [0.29, 0.717) is 0 Å². The summed E-state index contributed by atoms with van der Waals surface area (Å²) in [7, 11) is 1.64. The first-order chi connectivity index (χ1) is 9.17. The van der Waals surface area contributed by atoms with Crippen molar-refractivity contribution in [3.05, 3.63) is 50.8 Å². The lowest BCUT2D eigenvalue weighted by molar-refractivity contribution is 0.414. The van der Waals surface area contributed by atoms with Crippen LogP contribution in [0.3, 0.4) is 0 Å². The van der Waals surface area contributed by atoms with E-state index in [0.717, 1.165) is 31.8 Å². The molecule has 2 aromatic heterocycles. The SMILES string of the molecule is COc1ccc2cc(C(N)c3cc(Br)cs3)oc2c1. The number of nitrogens with two attached hydrogens (primary N) is 1. The predicted octanol–water partition coefficient (Wildman–Crippen LogP) is 4.31. The number of methoxy groups -OCH3 is 1. The van der Waals surface area contributed by atoms with Crippen LogP contribution in [0.4, 0.5) is 0 Å². The third kappa shape index (κ3) is 2.41. The maximum absolute atomic E-state index is 6.23. The second-order valence-electron chi connectivity index (χ2n) is 4.20. The zero-order valence-electron chi connectivity index (χ0n) is 10.2. The van der Waals surface area contributed by atoms with Crippen LogP contribution in [-0.4, -0.2) is 7.11 Å². The summed E-state index contributed by atoms with van der Waals surface area (Å²) in [5.41, 5.74) is 7.02. The molecule has 0 amide bonds. The Bertz CT molecular complexity index is 719. The van der Waals surface area contributed by atoms with Gasteiger partial charge in [0.15, 0.2) is 0 Å². The lowest BCUT2D eigenvalue weighted by atomic mass is 10.2. The van der Waals surface area contributed by atoms with E-state index in [1.54, 1.807) is 18.4 Å². The molecule has 0 aliphatic carbocycles. The second kappa shape index (κ2) is 5.00. The molecule has 0 aliphatic rings. The third-order valence-corrected chi connectivity index (χ3v) is 4.72. The standard InChI is InChI=1S/C14H12BrNO2S/c1-17-10-3-2-8-4-12(18-11(8)6-10)14(16)13-5-9(15)7-19-13/h2-7,14H,16H2,1H3. The number of halogens is 1. The molecule has 1 atom stereocenters. The van der Waals surface area contributed by atoms with E-state index in [2.05, 4.69) is 15.9 Å². The van der Waals surface area contributed by atoms with Crippen LogP contribution in [0, 0.1) is 0 Å². The summed E-state index contributed by atoms with van der Waals surface area (Å²) < 4.78 is 12.0. The van der Waals surface area contributed by atoms with Crippen molar-refractivity contribution in [2.75, 3.05) is 7.11 Å². The highest BCUT2D eigenvalue weighted by atomic mass is 79.9. The largest absolute Gasteiger partial charge is 0.497 e. The van der Waals surface area contributed by atoms with E-state index in [9.17, 15) is 0 Å². The van der Waals surface area contributed by atoms with Crippen LogP contribution in [0.2, 0.25) is 0 Å². The van der Waals surface area contributed by atoms with E-state index in [4.69, 9.17) is 14.9 Å². The highest BCUT2D eigenvalue weighted by Gasteiger charge is 2.16. The van der Waals surface area contributed by atoms with Crippen molar-refractivity contribution in [3.8, 4) is 5.75 Å². The van der Waals surface area contributed by atoms with Gasteiger partial charge in [0.1, 0.15) is 17.1 Å². The van der Waals surface area contributed by atoms with E-state index in [1.165, 1.54) is 0 Å². The van der Waals surface area contributed by atoms with Crippen molar-refractivity contribution in [1.82, 2.24) is 0 Å². The first kappa shape index (κ1) is 12.7. The first-order valence-corrected chi connectivity index (χ1v) is 7.41. The Morgan fingerprint density at radius 3 is 2.84 bits per heavy atom. The van der Waals surface area contributed by atoms with Crippen LogP contribution in [0.1, 0.15) is 16.7 Å². The molecule has 0 aliphatic heterocycles. The lowest BCUT2D eigenvalue weighted by Crippen LogP contribution is -2.08. The van der Waals surface area contributed by atoms with Crippen molar-refractivity contribution in [2.45, 2.75) is 6.04 Å². The molecule has 19 heavy (non-hydrogen) atoms. The number of thiophene rings is 1. The van der Waals surface area contributed by atoms with Gasteiger partial charge < -0.3 is 14.9 Å². The fourth-order valence-corrected chi connectivity index (χ4v) is 3.40. The maximum atomic E-state index is 6.23. The summed E-state index contributed by atoms with van der Waals surface area (Å²) in [6.07, 6.45) is 0. The topological polar surface area (TPSA) is 48.4 Å². The third-order valence-electron chi connectivity index (χ3n) is 2.95. The maximum Gasteiger partial charge on any atom is 0.138 e. The molecule has 2 heterocycles. The van der Waals surface area contributed by atoms with Gasteiger partial charge in [-0.25, -0.2) is 0 Å². The lowest BCUT2D eigenvalue weighted by Gasteiger charge is -2.04. The minimum Gasteiger partial charge on any atom is -0.497 e. The number of fused-ring (bicyclic) bond motifs is 1. The Kier molecular flexibility index (Phi) is 3.35. The highest BCUT2D eigenvalue weighted by Crippen LogP contribution is 2.32. The molecule has 5 heteroatoms. The Labute approximate surface area is 123 Å². The molecule has 0 spiro atoms. The number of benzene rings is 1. The van der Waals surface area contributed by atoms with Gasteiger partial charge in [0.2, 0.25) is 0 Å². The van der Waals surface area contributed by atoms with Crippen LogP contribution in [0.25, 0.3) is 11.0 Å². The van der Waals surface area contributed by atoms with Gasteiger partial charge in [-0.3, -0.25) is 0 Å². The highest BCUT2D eigenvalue weighted by molar-refractivity contribution is 9.10. The molecule has 0 fully saturated rings. The van der Waals surface area contributed by atoms with E-state index in [1.807, 2.05) is 35.7 Å². The number of hydrogen-bond donors (Lipinski definition) is 1. The molecule has 0 saturated heterocycles. The molecule has 3 rings (SSSR count). The molecule has 0 saturated carbocycles. The Morgan fingerprint density at radius 1 is 1.32 bits per heavy atom. The Hall–Kier alpha value is -1.30. The van der Waals surface area contributed by atoms with Crippen molar-refractivity contribution in [1.29, 1.82) is 0 Å². The molecule has 1 unspecified atom stereocenters. The second-order valence-corrected chi connectivity index (χ2v) is 6.06. The van der Waals surface area contributed by atoms with Crippen molar-refractivity contribution in [3.63, 3.8) is 0 Å². The quantitative estimate of drug-likeness (QED) is 0.774. The summed E-state index contributed by atoms with van der Waals surface area (Å²) in [5, 5.41) is 3.04. The molecule has 0 bridgehead atoms. The van der Waals surface area contributed by atoms with Gasteiger partial charge in [0, 0.05) is 26.2 Å². The number of rotatable bonds is 3. The number of furan rings is 1. The molecule has 0 radical (unpaired) electrons. The van der Waals surface area contributed by atoms with Gasteiger partial charge in [-0.2, -0.15) is 0 Å². The van der Waals surface area contributed by atoms with Gasteiger partial charge in [-0.05, 0) is 40.2 Å².